The molecule has 0 radical (unpaired) electrons. The van der Waals surface area contributed by atoms with E-state index >= 15 is 0 Å². The maximum absolute atomic E-state index is 9.50. The van der Waals surface area contributed by atoms with Gasteiger partial charge in [0.2, 0.25) is 5.69 Å². The van der Waals surface area contributed by atoms with Crippen molar-refractivity contribution in [1.82, 2.24) is 0 Å². The average molecular weight is 222 g/mol. The van der Waals surface area contributed by atoms with Crippen LogP contribution in [0.3, 0.4) is 0 Å². The van der Waals surface area contributed by atoms with Gasteiger partial charge in [0.15, 0.2) is 6.20 Å². The summed E-state index contributed by atoms with van der Waals surface area (Å²) in [6, 6.07) is 6.02. The van der Waals surface area contributed by atoms with E-state index < -0.39 is 0 Å². The minimum atomic E-state index is -0.360. The number of hydrogen-bond acceptors (Lipinski definition) is 2. The zero-order chi connectivity index (χ0) is 11.8. The van der Waals surface area contributed by atoms with E-state index in [1.807, 2.05) is 30.5 Å². The molecule has 1 unspecified atom stereocenters. The van der Waals surface area contributed by atoms with Crippen LogP contribution in [0.25, 0.3) is 6.08 Å². The zero-order valence-electron chi connectivity index (χ0n) is 9.80. The molecule has 1 aromatic heterocycles. The van der Waals surface area contributed by atoms with Gasteiger partial charge in [-0.3, -0.25) is 0 Å². The molecule has 0 aliphatic heterocycles. The number of aliphatic hydroxyl groups is 1. The molecule has 0 spiro atoms. The van der Waals surface area contributed by atoms with E-state index in [0.717, 1.165) is 25.1 Å². The Balaban J connectivity index is 2.39. The molecular weight excluding hydrogens is 202 g/mol. The fourth-order valence-electron chi connectivity index (χ4n) is 1.65. The number of aliphatic hydroxyl groups excluding tert-OH is 1. The normalized spacial score (nSPS) is 12.4. The van der Waals surface area contributed by atoms with Crippen LogP contribution in [0, 0.1) is 0 Å². The molecule has 1 aromatic rings. The maximum Gasteiger partial charge on any atom is 0.204 e. The standard InChI is InChI=1S/C13H20NO2/c1-3-12-7-4-5-9-14(12)10-6-8-13(15)11-16-2/h3-5,7,9,13,15H,1,6,8,10-11H2,2H3/q+1. The van der Waals surface area contributed by atoms with Crippen molar-refractivity contribution in [2.75, 3.05) is 13.7 Å². The van der Waals surface area contributed by atoms with Crippen molar-refractivity contribution in [2.24, 2.45) is 0 Å². The summed E-state index contributed by atoms with van der Waals surface area (Å²) >= 11 is 0. The lowest BCUT2D eigenvalue weighted by Gasteiger charge is -2.07. The van der Waals surface area contributed by atoms with Gasteiger partial charge in [0.05, 0.1) is 12.7 Å². The first kappa shape index (κ1) is 12.9. The summed E-state index contributed by atoms with van der Waals surface area (Å²) in [6.07, 6.45) is 5.19. The number of rotatable bonds is 7. The summed E-state index contributed by atoms with van der Waals surface area (Å²) in [6.45, 7) is 5.08. The molecule has 1 N–H and O–H groups in total. The number of nitrogens with zero attached hydrogens (tertiary/aromatic N) is 1. The van der Waals surface area contributed by atoms with Crippen molar-refractivity contribution in [3.05, 3.63) is 36.7 Å². The highest BCUT2D eigenvalue weighted by Gasteiger charge is 2.08. The van der Waals surface area contributed by atoms with E-state index in [1.165, 1.54) is 0 Å². The van der Waals surface area contributed by atoms with Crippen LogP contribution in [-0.2, 0) is 11.3 Å². The van der Waals surface area contributed by atoms with Gasteiger partial charge in [-0.1, -0.05) is 6.58 Å². The first-order valence-electron chi connectivity index (χ1n) is 5.56. The third-order valence-electron chi connectivity index (χ3n) is 2.48. The lowest BCUT2D eigenvalue weighted by molar-refractivity contribution is -0.699. The number of ether oxygens (including phenoxy) is 1. The van der Waals surface area contributed by atoms with Gasteiger partial charge in [-0.2, -0.15) is 4.57 Å². The van der Waals surface area contributed by atoms with E-state index in [2.05, 4.69) is 11.1 Å². The van der Waals surface area contributed by atoms with E-state index in [-0.39, 0.29) is 6.10 Å². The lowest BCUT2D eigenvalue weighted by atomic mass is 10.2. The average Bonchev–Trinajstić information content (AvgIpc) is 2.30. The van der Waals surface area contributed by atoms with E-state index in [1.54, 1.807) is 7.11 Å². The fourth-order valence-corrected chi connectivity index (χ4v) is 1.65. The smallest absolute Gasteiger partial charge is 0.204 e. The molecule has 0 aliphatic rings. The molecule has 0 saturated carbocycles. The highest BCUT2D eigenvalue weighted by Crippen LogP contribution is 1.99. The Labute approximate surface area is 97.0 Å². The van der Waals surface area contributed by atoms with Crippen molar-refractivity contribution in [3.63, 3.8) is 0 Å². The van der Waals surface area contributed by atoms with Gasteiger partial charge in [0.1, 0.15) is 6.54 Å². The molecule has 88 valence electrons. The summed E-state index contributed by atoms with van der Waals surface area (Å²) in [5, 5.41) is 9.50. The zero-order valence-corrected chi connectivity index (χ0v) is 9.80. The number of hydrogen-bond donors (Lipinski definition) is 1. The van der Waals surface area contributed by atoms with Crippen molar-refractivity contribution in [1.29, 1.82) is 0 Å². The lowest BCUT2D eigenvalue weighted by Crippen LogP contribution is -2.36. The van der Waals surface area contributed by atoms with Gasteiger partial charge in [-0.05, 0) is 12.5 Å². The second-order valence-corrected chi connectivity index (χ2v) is 3.77. The predicted molar refractivity (Wildman–Crippen MR) is 63.8 cm³/mol. The predicted octanol–water partition coefficient (Wildman–Crippen LogP) is 1.40. The second kappa shape index (κ2) is 7.14. The number of aryl methyl sites for hydroxylation is 1. The van der Waals surface area contributed by atoms with Gasteiger partial charge < -0.3 is 9.84 Å². The Morgan fingerprint density at radius 3 is 3.06 bits per heavy atom. The summed E-state index contributed by atoms with van der Waals surface area (Å²) in [5.41, 5.74) is 1.10. The Morgan fingerprint density at radius 1 is 1.56 bits per heavy atom. The van der Waals surface area contributed by atoms with Crippen molar-refractivity contribution in [3.8, 4) is 0 Å². The maximum atomic E-state index is 9.50. The van der Waals surface area contributed by atoms with Gasteiger partial charge >= 0.3 is 0 Å². The minimum absolute atomic E-state index is 0.360. The summed E-state index contributed by atoms with van der Waals surface area (Å²) < 4.78 is 7.01. The molecule has 3 nitrogen and oxygen atoms in total. The molecule has 3 heteroatoms. The number of methoxy groups -OCH3 is 1. The third-order valence-corrected chi connectivity index (χ3v) is 2.48. The Morgan fingerprint density at radius 2 is 2.38 bits per heavy atom. The van der Waals surface area contributed by atoms with Crippen molar-refractivity contribution >= 4 is 6.08 Å². The molecule has 16 heavy (non-hydrogen) atoms. The number of pyridine rings is 1. The van der Waals surface area contributed by atoms with Crippen LogP contribution in [0.4, 0.5) is 0 Å². The molecule has 1 atom stereocenters. The fraction of sp³-hybridized carbons (Fsp3) is 0.462. The first-order chi connectivity index (χ1) is 7.77. The van der Waals surface area contributed by atoms with Gasteiger partial charge in [0.25, 0.3) is 0 Å². The first-order valence-corrected chi connectivity index (χ1v) is 5.56. The summed E-state index contributed by atoms with van der Waals surface area (Å²) in [4.78, 5) is 0. The van der Waals surface area contributed by atoms with Crippen LogP contribution in [0.2, 0.25) is 0 Å². The second-order valence-electron chi connectivity index (χ2n) is 3.77. The largest absolute Gasteiger partial charge is 0.391 e. The number of aromatic nitrogens is 1. The molecule has 0 aromatic carbocycles. The molecular formula is C13H20NO2+. The summed E-state index contributed by atoms with van der Waals surface area (Å²) in [7, 11) is 1.60. The Hall–Kier alpha value is -1.19. The van der Waals surface area contributed by atoms with Crippen LogP contribution in [0.1, 0.15) is 18.5 Å². The highest BCUT2D eigenvalue weighted by molar-refractivity contribution is 5.36. The van der Waals surface area contributed by atoms with Crippen LogP contribution in [0.5, 0.6) is 0 Å². The van der Waals surface area contributed by atoms with Crippen LogP contribution >= 0.6 is 0 Å². The van der Waals surface area contributed by atoms with Crippen molar-refractivity contribution < 1.29 is 14.4 Å². The van der Waals surface area contributed by atoms with Crippen molar-refractivity contribution in [2.45, 2.75) is 25.5 Å². The van der Waals surface area contributed by atoms with Crippen LogP contribution in [-0.4, -0.2) is 24.9 Å². The molecule has 0 aliphatic carbocycles. The minimum Gasteiger partial charge on any atom is -0.391 e. The Bertz CT molecular complexity index is 325. The molecule has 1 rings (SSSR count). The molecule has 0 amide bonds. The molecule has 0 saturated heterocycles. The monoisotopic (exact) mass is 222 g/mol. The highest BCUT2D eigenvalue weighted by atomic mass is 16.5. The van der Waals surface area contributed by atoms with Crippen LogP contribution in [0.15, 0.2) is 31.0 Å². The van der Waals surface area contributed by atoms with Gasteiger partial charge in [0, 0.05) is 31.7 Å². The SMILES string of the molecule is C=Cc1cccc[n+]1CCCC(O)COC. The molecule has 0 bridgehead atoms. The van der Waals surface area contributed by atoms with E-state index in [9.17, 15) is 5.11 Å². The quantitative estimate of drug-likeness (QED) is 0.708. The Kier molecular flexibility index (Phi) is 5.75. The van der Waals surface area contributed by atoms with E-state index in [4.69, 9.17) is 4.74 Å². The third kappa shape index (κ3) is 4.13. The molecule has 1 heterocycles. The van der Waals surface area contributed by atoms with Crippen LogP contribution < -0.4 is 4.57 Å². The van der Waals surface area contributed by atoms with Gasteiger partial charge in [-0.25, -0.2) is 0 Å². The molecule has 0 fully saturated rings. The topological polar surface area (TPSA) is 33.3 Å². The summed E-state index contributed by atoms with van der Waals surface area (Å²) in [5.74, 6) is 0. The van der Waals surface area contributed by atoms with E-state index in [0.29, 0.717) is 6.61 Å². The van der Waals surface area contributed by atoms with Gasteiger partial charge in [-0.15, -0.1) is 0 Å².